The topological polar surface area (TPSA) is 152 Å². The van der Waals surface area contributed by atoms with Crippen LogP contribution in [-0.2, 0) is 22.7 Å². The lowest BCUT2D eigenvalue weighted by Crippen LogP contribution is -2.62. The van der Waals surface area contributed by atoms with Gasteiger partial charge in [-0.2, -0.15) is 5.06 Å². The number of amides is 2. The van der Waals surface area contributed by atoms with Crippen molar-refractivity contribution in [2.24, 2.45) is 29.1 Å². The number of nitrogens with zero attached hydrogens (tertiary/aromatic N) is 3. The Kier molecular flexibility index (Phi) is 10.5. The number of anilines is 1. The number of aliphatic hydroxyl groups excluding tert-OH is 2. The SMILES string of the molecule is COc1c(CN2O[C@@H](CO)[C@H]([C@H](C)O)[C@H]2C(=O)N[C@H]2C[C@H]3C[C@@H]([C@@H]2C)C3(C)C)cccc1-c1cc(C(=O)NCc2nc3ccccc3[nH]2)cc(N(C)C)c1. The average Bonchev–Trinajstić information content (AvgIpc) is 3.75. The minimum atomic E-state index is -0.905. The maximum Gasteiger partial charge on any atom is 0.251 e. The van der Waals surface area contributed by atoms with Crippen molar-refractivity contribution < 1.29 is 29.4 Å². The summed E-state index contributed by atoms with van der Waals surface area (Å²) in [5.41, 5.74) is 5.60. The molecule has 4 aromatic rings. The summed E-state index contributed by atoms with van der Waals surface area (Å²) in [6.45, 7) is 8.59. The molecule has 3 saturated carbocycles. The van der Waals surface area contributed by atoms with Crippen LogP contribution in [0.5, 0.6) is 5.75 Å². The number of hydrogen-bond donors (Lipinski definition) is 5. The van der Waals surface area contributed by atoms with Crippen molar-refractivity contribution in [3.8, 4) is 16.9 Å². The van der Waals surface area contributed by atoms with E-state index in [0.29, 0.717) is 34.9 Å². The Labute approximate surface area is 317 Å². The molecule has 0 unspecified atom stereocenters. The van der Waals surface area contributed by atoms with Gasteiger partial charge in [0.05, 0.1) is 43.9 Å². The highest BCUT2D eigenvalue weighted by Gasteiger charge is 2.57. The van der Waals surface area contributed by atoms with Gasteiger partial charge in [-0.1, -0.05) is 51.1 Å². The van der Waals surface area contributed by atoms with Gasteiger partial charge in [0.2, 0.25) is 5.91 Å². The normalized spacial score (nSPS) is 26.6. The Bertz CT molecular complexity index is 1980. The highest BCUT2D eigenvalue weighted by Crippen LogP contribution is 2.61. The zero-order valence-electron chi connectivity index (χ0n) is 32.3. The third-order valence-electron chi connectivity index (χ3n) is 12.6. The van der Waals surface area contributed by atoms with Crippen LogP contribution in [0.2, 0.25) is 0 Å². The fourth-order valence-electron chi connectivity index (χ4n) is 9.34. The number of H-pyrrole nitrogens is 1. The van der Waals surface area contributed by atoms with E-state index in [0.717, 1.165) is 39.8 Å². The first-order valence-corrected chi connectivity index (χ1v) is 19.0. The molecule has 2 heterocycles. The Morgan fingerprint density at radius 1 is 1.13 bits per heavy atom. The van der Waals surface area contributed by atoms with Crippen LogP contribution in [0.1, 0.15) is 62.3 Å². The molecule has 2 bridgehead atoms. The molecule has 12 nitrogen and oxygen atoms in total. The predicted octanol–water partition coefficient (Wildman–Crippen LogP) is 4.90. The first-order chi connectivity index (χ1) is 25.8. The van der Waals surface area contributed by atoms with Gasteiger partial charge in [0, 0.05) is 48.4 Å². The summed E-state index contributed by atoms with van der Waals surface area (Å²) in [5.74, 6) is 1.57. The zero-order chi connectivity index (χ0) is 38.5. The van der Waals surface area contributed by atoms with E-state index in [2.05, 4.69) is 41.4 Å². The number of methoxy groups -OCH3 is 1. The lowest BCUT2D eigenvalue weighted by atomic mass is 9.45. The summed E-state index contributed by atoms with van der Waals surface area (Å²) in [4.78, 5) is 43.9. The van der Waals surface area contributed by atoms with Crippen LogP contribution in [0.3, 0.4) is 0 Å². The fraction of sp³-hybridized carbons (Fsp3) is 0.500. The molecule has 8 rings (SSSR count). The number of para-hydroxylation sites is 3. The van der Waals surface area contributed by atoms with Gasteiger partial charge in [0.15, 0.2) is 0 Å². The maximum absolute atomic E-state index is 14.2. The molecule has 3 aromatic carbocycles. The van der Waals surface area contributed by atoms with E-state index in [-0.39, 0.29) is 43.0 Å². The van der Waals surface area contributed by atoms with E-state index in [1.807, 2.05) is 79.7 Å². The molecule has 0 spiro atoms. The largest absolute Gasteiger partial charge is 0.496 e. The van der Waals surface area contributed by atoms with Crippen molar-refractivity contribution in [2.45, 2.75) is 77.9 Å². The Hall–Kier alpha value is -4.49. The van der Waals surface area contributed by atoms with Crippen LogP contribution in [0, 0.1) is 29.1 Å². The molecular formula is C42H54N6O6. The van der Waals surface area contributed by atoms with Gasteiger partial charge in [-0.15, -0.1) is 0 Å². The molecule has 3 aliphatic carbocycles. The summed E-state index contributed by atoms with van der Waals surface area (Å²) in [5, 5.41) is 29.2. The third-order valence-corrected chi connectivity index (χ3v) is 12.6. The van der Waals surface area contributed by atoms with Gasteiger partial charge in [0.1, 0.15) is 23.7 Å². The lowest BCUT2D eigenvalue weighted by molar-refractivity contribution is -0.183. The van der Waals surface area contributed by atoms with Crippen LogP contribution in [0.25, 0.3) is 22.2 Å². The predicted molar refractivity (Wildman–Crippen MR) is 208 cm³/mol. The van der Waals surface area contributed by atoms with Crippen molar-refractivity contribution >= 4 is 28.5 Å². The van der Waals surface area contributed by atoms with E-state index >= 15 is 0 Å². The molecule has 2 amide bonds. The van der Waals surface area contributed by atoms with Crippen LogP contribution >= 0.6 is 0 Å². The summed E-state index contributed by atoms with van der Waals surface area (Å²) >= 11 is 0. The Morgan fingerprint density at radius 3 is 2.57 bits per heavy atom. The molecule has 1 saturated heterocycles. The summed E-state index contributed by atoms with van der Waals surface area (Å²) in [6.07, 6.45) is 0.458. The first-order valence-electron chi connectivity index (χ1n) is 19.0. The number of nitrogens with one attached hydrogen (secondary N) is 3. The van der Waals surface area contributed by atoms with Crippen molar-refractivity contribution in [1.29, 1.82) is 0 Å². The quantitative estimate of drug-likeness (QED) is 0.137. The number of rotatable bonds is 12. The molecule has 0 radical (unpaired) electrons. The second-order valence-corrected chi connectivity index (χ2v) is 16.3. The smallest absolute Gasteiger partial charge is 0.251 e. The number of aromatic amines is 1. The van der Waals surface area contributed by atoms with E-state index < -0.39 is 24.2 Å². The molecule has 54 heavy (non-hydrogen) atoms. The molecule has 5 N–H and O–H groups in total. The highest BCUT2D eigenvalue weighted by molar-refractivity contribution is 5.97. The Morgan fingerprint density at radius 2 is 1.91 bits per heavy atom. The summed E-state index contributed by atoms with van der Waals surface area (Å²) in [6, 6.07) is 18.4. The van der Waals surface area contributed by atoms with Crippen molar-refractivity contribution in [3.05, 3.63) is 77.6 Å². The second kappa shape index (κ2) is 15.0. The number of aromatic nitrogens is 2. The number of benzene rings is 3. The maximum atomic E-state index is 14.2. The summed E-state index contributed by atoms with van der Waals surface area (Å²) < 4.78 is 6.06. The highest BCUT2D eigenvalue weighted by atomic mass is 16.7. The molecule has 12 heteroatoms. The van der Waals surface area contributed by atoms with Gasteiger partial charge < -0.3 is 35.5 Å². The van der Waals surface area contributed by atoms with E-state index in [1.54, 1.807) is 19.1 Å². The van der Waals surface area contributed by atoms with Crippen molar-refractivity contribution in [1.82, 2.24) is 25.7 Å². The molecular weight excluding hydrogens is 684 g/mol. The van der Waals surface area contributed by atoms with Gasteiger partial charge in [-0.25, -0.2) is 4.98 Å². The second-order valence-electron chi connectivity index (χ2n) is 16.3. The van der Waals surface area contributed by atoms with Crippen molar-refractivity contribution in [2.75, 3.05) is 32.7 Å². The molecule has 4 aliphatic rings. The number of hydroxylamine groups is 2. The van der Waals surface area contributed by atoms with Crippen LogP contribution < -0.4 is 20.3 Å². The minimum Gasteiger partial charge on any atom is -0.496 e. The Balaban J connectivity index is 1.15. The van der Waals surface area contributed by atoms with Gasteiger partial charge in [-0.05, 0) is 78.8 Å². The summed E-state index contributed by atoms with van der Waals surface area (Å²) in [7, 11) is 5.44. The van der Waals surface area contributed by atoms with E-state index in [9.17, 15) is 19.8 Å². The van der Waals surface area contributed by atoms with E-state index in [4.69, 9.17) is 9.57 Å². The molecule has 1 aliphatic heterocycles. The minimum absolute atomic E-state index is 0.0332. The molecule has 8 atom stereocenters. The molecule has 4 fully saturated rings. The van der Waals surface area contributed by atoms with Gasteiger partial charge in [0.25, 0.3) is 5.91 Å². The average molecular weight is 739 g/mol. The standard InChI is InChI=1S/C42H54N6O6/c1-23-31-18-28(42(31,3)4)19-34(23)46-41(52)38-37(24(2)50)35(22-49)54-48(38)21-25-11-10-12-30(39(25)53-7)26-15-27(17-29(16-26)47(5)6)40(51)43-20-36-44-32-13-8-9-14-33(32)45-36/h8-17,23-24,28,31,34-35,37-38,49-50H,18-22H2,1-7H3,(H,43,51)(H,44,45)(H,46,52)/t23-,24-,28+,31-,34-,35-,37-,38-/m0/s1. The number of ether oxygens (including phenoxy) is 1. The number of hydrogen-bond acceptors (Lipinski definition) is 9. The van der Waals surface area contributed by atoms with E-state index in [1.165, 1.54) is 6.42 Å². The van der Waals surface area contributed by atoms with Crippen LogP contribution in [-0.4, -0.2) is 89.2 Å². The number of aliphatic hydroxyl groups is 2. The lowest BCUT2D eigenvalue weighted by Gasteiger charge is -2.62. The number of carbonyl (C=O) groups is 2. The first kappa shape index (κ1) is 37.8. The number of carbonyl (C=O) groups excluding carboxylic acids is 2. The number of imidazole rings is 1. The van der Waals surface area contributed by atoms with Crippen molar-refractivity contribution in [3.63, 3.8) is 0 Å². The molecule has 1 aromatic heterocycles. The van der Waals surface area contributed by atoms with Crippen LogP contribution in [0.4, 0.5) is 5.69 Å². The monoisotopic (exact) mass is 738 g/mol. The fourth-order valence-corrected chi connectivity index (χ4v) is 9.34. The van der Waals surface area contributed by atoms with Crippen LogP contribution in [0.15, 0.2) is 60.7 Å². The third kappa shape index (κ3) is 6.96. The number of fused-ring (bicyclic) bond motifs is 3. The van der Waals surface area contributed by atoms with Gasteiger partial charge >= 0.3 is 0 Å². The zero-order valence-corrected chi connectivity index (χ0v) is 32.3. The van der Waals surface area contributed by atoms with Gasteiger partial charge in [-0.3, -0.25) is 14.4 Å². The molecule has 288 valence electrons.